The van der Waals surface area contributed by atoms with Gasteiger partial charge in [0.2, 0.25) is 0 Å². The Morgan fingerprint density at radius 2 is 1.91 bits per heavy atom. The van der Waals surface area contributed by atoms with Crippen molar-refractivity contribution in [3.05, 3.63) is 46.5 Å². The first-order valence-electron chi connectivity index (χ1n) is 12.6. The number of hydrogen-bond acceptors (Lipinski definition) is 7. The lowest BCUT2D eigenvalue weighted by Gasteiger charge is -2.36. The summed E-state index contributed by atoms with van der Waals surface area (Å²) in [6.07, 6.45) is 8.97. The van der Waals surface area contributed by atoms with E-state index in [0.29, 0.717) is 40.9 Å². The zero-order chi connectivity index (χ0) is 25.5. The van der Waals surface area contributed by atoms with Crippen molar-refractivity contribution >= 4 is 23.3 Å². The molecule has 0 spiro atoms. The van der Waals surface area contributed by atoms with Gasteiger partial charge < -0.3 is 14.6 Å². The molecule has 4 aliphatic rings. The molecule has 188 valence electrons. The van der Waals surface area contributed by atoms with Gasteiger partial charge >= 0.3 is 5.97 Å². The molecule has 7 nitrogen and oxygen atoms in total. The number of allylic oxidation sites excluding steroid dienone is 3. The van der Waals surface area contributed by atoms with Crippen LogP contribution in [0.1, 0.15) is 72.6 Å². The topological polar surface area (TPSA) is 107 Å². The summed E-state index contributed by atoms with van der Waals surface area (Å²) in [5.41, 5.74) is 0.723. The van der Waals surface area contributed by atoms with Crippen LogP contribution in [0.15, 0.2) is 46.5 Å². The summed E-state index contributed by atoms with van der Waals surface area (Å²) in [5.74, 6) is -3.37. The fraction of sp³-hybridized carbons (Fsp3) is 0.571. The second kappa shape index (κ2) is 9.69. The van der Waals surface area contributed by atoms with Gasteiger partial charge in [-0.15, -0.1) is 0 Å². The van der Waals surface area contributed by atoms with E-state index in [1.54, 1.807) is 19.9 Å². The summed E-state index contributed by atoms with van der Waals surface area (Å²) < 4.78 is 11.4. The SMILES string of the molecule is CCCCCC[C@H](C)C(=O)[C@@H]1C(=O)O[C@@]2(C)C(=O)C=C3C=C(C4=C(C)C[C@@H](O)CC4=O)OC=C3[C@@H]12. The Morgan fingerprint density at radius 1 is 1.17 bits per heavy atom. The Balaban J connectivity index is 1.63. The molecule has 0 aromatic heterocycles. The van der Waals surface area contributed by atoms with E-state index in [1.165, 1.54) is 12.3 Å². The van der Waals surface area contributed by atoms with Gasteiger partial charge in [0, 0.05) is 17.9 Å². The first-order valence-corrected chi connectivity index (χ1v) is 12.6. The van der Waals surface area contributed by atoms with E-state index in [9.17, 15) is 24.3 Å². The maximum atomic E-state index is 13.4. The Kier molecular flexibility index (Phi) is 7.00. The first kappa shape index (κ1) is 25.3. The molecule has 2 heterocycles. The highest BCUT2D eigenvalue weighted by molar-refractivity contribution is 6.10. The lowest BCUT2D eigenvalue weighted by molar-refractivity contribution is -0.156. The van der Waals surface area contributed by atoms with Gasteiger partial charge in [0.25, 0.3) is 0 Å². The van der Waals surface area contributed by atoms with Crippen molar-refractivity contribution in [3.8, 4) is 0 Å². The molecule has 0 bridgehead atoms. The van der Waals surface area contributed by atoms with Crippen LogP contribution in [0.5, 0.6) is 0 Å². The van der Waals surface area contributed by atoms with Gasteiger partial charge in [-0.05, 0) is 44.4 Å². The van der Waals surface area contributed by atoms with E-state index in [-0.39, 0.29) is 29.7 Å². The Hall–Kier alpha value is -2.80. The maximum Gasteiger partial charge on any atom is 0.318 e. The summed E-state index contributed by atoms with van der Waals surface area (Å²) >= 11 is 0. The summed E-state index contributed by atoms with van der Waals surface area (Å²) in [6.45, 7) is 7.29. The average Bonchev–Trinajstić information content (AvgIpc) is 3.07. The molecule has 0 radical (unpaired) electrons. The predicted molar refractivity (Wildman–Crippen MR) is 128 cm³/mol. The quantitative estimate of drug-likeness (QED) is 0.316. The van der Waals surface area contributed by atoms with Crippen LogP contribution in [-0.2, 0) is 28.7 Å². The van der Waals surface area contributed by atoms with E-state index in [4.69, 9.17) is 9.47 Å². The number of aliphatic hydroxyl groups excluding tert-OH is 1. The van der Waals surface area contributed by atoms with Crippen LogP contribution in [0.25, 0.3) is 0 Å². The van der Waals surface area contributed by atoms with E-state index in [1.807, 2.05) is 6.92 Å². The number of fused-ring (bicyclic) bond motifs is 3. The number of hydrogen-bond donors (Lipinski definition) is 1. The first-order chi connectivity index (χ1) is 16.6. The summed E-state index contributed by atoms with van der Waals surface area (Å²) in [7, 11) is 0. The lowest BCUT2D eigenvalue weighted by Crippen LogP contribution is -2.47. The smallest absolute Gasteiger partial charge is 0.318 e. The minimum absolute atomic E-state index is 0.0116. The van der Waals surface area contributed by atoms with Crippen molar-refractivity contribution < 1.29 is 33.8 Å². The summed E-state index contributed by atoms with van der Waals surface area (Å²) in [6, 6.07) is 0. The van der Waals surface area contributed by atoms with Gasteiger partial charge in [0.05, 0.1) is 23.9 Å². The zero-order valence-corrected chi connectivity index (χ0v) is 20.9. The van der Waals surface area contributed by atoms with E-state index >= 15 is 0 Å². The third-order valence-electron chi connectivity index (χ3n) is 7.73. The zero-order valence-electron chi connectivity index (χ0n) is 20.9. The highest BCUT2D eigenvalue weighted by Gasteiger charge is 2.62. The second-order valence-electron chi connectivity index (χ2n) is 10.4. The van der Waals surface area contributed by atoms with Crippen LogP contribution in [0, 0.1) is 17.8 Å². The van der Waals surface area contributed by atoms with Gasteiger partial charge in [-0.2, -0.15) is 0 Å². The molecule has 1 N–H and O–H groups in total. The highest BCUT2D eigenvalue weighted by Crippen LogP contribution is 2.51. The average molecular weight is 483 g/mol. The molecule has 0 aromatic carbocycles. The third kappa shape index (κ3) is 4.46. The van der Waals surface area contributed by atoms with Crippen LogP contribution >= 0.6 is 0 Å². The summed E-state index contributed by atoms with van der Waals surface area (Å²) in [4.78, 5) is 52.1. The predicted octanol–water partition coefficient (Wildman–Crippen LogP) is 4.06. The number of aliphatic hydroxyl groups is 1. The van der Waals surface area contributed by atoms with Gasteiger partial charge in [0.1, 0.15) is 11.7 Å². The largest absolute Gasteiger partial charge is 0.464 e. The number of carbonyl (C=O) groups excluding carboxylic acids is 4. The molecule has 7 heteroatoms. The molecule has 0 amide bonds. The van der Waals surface area contributed by atoms with Crippen molar-refractivity contribution in [3.63, 3.8) is 0 Å². The molecule has 35 heavy (non-hydrogen) atoms. The third-order valence-corrected chi connectivity index (χ3v) is 7.73. The molecule has 5 atom stereocenters. The number of rotatable bonds is 8. The number of unbranched alkanes of at least 4 members (excludes halogenated alkanes) is 3. The number of ether oxygens (including phenoxy) is 2. The van der Waals surface area contributed by atoms with E-state index < -0.39 is 29.5 Å². The fourth-order valence-electron chi connectivity index (χ4n) is 5.75. The highest BCUT2D eigenvalue weighted by atomic mass is 16.6. The Bertz CT molecular complexity index is 1090. The number of ketones is 3. The number of esters is 1. The van der Waals surface area contributed by atoms with Crippen LogP contribution in [-0.4, -0.2) is 40.1 Å². The lowest BCUT2D eigenvalue weighted by atomic mass is 9.66. The number of carbonyl (C=O) groups is 4. The normalized spacial score (nSPS) is 31.1. The van der Waals surface area contributed by atoms with Crippen LogP contribution in [0.3, 0.4) is 0 Å². The summed E-state index contributed by atoms with van der Waals surface area (Å²) in [5, 5.41) is 9.89. The fourth-order valence-corrected chi connectivity index (χ4v) is 5.75. The van der Waals surface area contributed by atoms with Crippen LogP contribution in [0.2, 0.25) is 0 Å². The van der Waals surface area contributed by atoms with Gasteiger partial charge in [-0.1, -0.05) is 45.1 Å². The Morgan fingerprint density at radius 3 is 2.60 bits per heavy atom. The van der Waals surface area contributed by atoms with Gasteiger partial charge in [-0.3, -0.25) is 19.2 Å². The van der Waals surface area contributed by atoms with Crippen molar-refractivity contribution in [1.29, 1.82) is 0 Å². The van der Waals surface area contributed by atoms with E-state index in [0.717, 1.165) is 25.7 Å². The minimum atomic E-state index is -1.47. The van der Waals surface area contributed by atoms with Gasteiger partial charge in [-0.25, -0.2) is 0 Å². The molecule has 0 aromatic rings. The molecule has 1 fully saturated rings. The molecule has 0 saturated carbocycles. The van der Waals surface area contributed by atoms with Crippen LogP contribution < -0.4 is 0 Å². The Labute approximate surface area is 205 Å². The van der Waals surface area contributed by atoms with Gasteiger partial charge in [0.15, 0.2) is 23.0 Å². The van der Waals surface area contributed by atoms with Crippen molar-refractivity contribution in [1.82, 2.24) is 0 Å². The monoisotopic (exact) mass is 482 g/mol. The molecule has 2 aliphatic carbocycles. The minimum Gasteiger partial charge on any atom is -0.464 e. The second-order valence-corrected chi connectivity index (χ2v) is 10.4. The van der Waals surface area contributed by atoms with E-state index in [2.05, 4.69) is 6.92 Å². The maximum absolute atomic E-state index is 13.4. The molecule has 2 aliphatic heterocycles. The standard InChI is InChI=1S/C28H34O7/c1-5-6-7-8-9-15(2)26(32)24-25-19-14-34-21(23-16(3)10-18(29)13-20(23)30)11-17(19)12-22(31)28(25,4)35-27(24)33/h11-12,14-15,18,24-25,29H,5-10,13H2,1-4H3/t15-,18+,24+,25-,28-/m0/s1. The van der Waals surface area contributed by atoms with Crippen LogP contribution in [0.4, 0.5) is 0 Å². The molecule has 0 unspecified atom stereocenters. The molecular weight excluding hydrogens is 448 g/mol. The van der Waals surface area contributed by atoms with Crippen molar-refractivity contribution in [2.24, 2.45) is 17.8 Å². The van der Waals surface area contributed by atoms with Crippen molar-refractivity contribution in [2.45, 2.75) is 84.3 Å². The number of Topliss-reactive ketones (excluding diaryl/α,β-unsaturated/α-hetero) is 2. The molecule has 4 rings (SSSR count). The molecular formula is C28H34O7. The van der Waals surface area contributed by atoms with Crippen molar-refractivity contribution in [2.75, 3.05) is 0 Å². The molecule has 1 saturated heterocycles.